The molecule has 0 saturated carbocycles. The molecule has 2 aromatic rings. The van der Waals surface area contributed by atoms with Crippen LogP contribution in [0.4, 0.5) is 5.82 Å². The third-order valence-corrected chi connectivity index (χ3v) is 2.79. The monoisotopic (exact) mass is 221 g/mol. The van der Waals surface area contributed by atoms with Gasteiger partial charge in [0.25, 0.3) is 0 Å². The number of nitrogens with one attached hydrogen (secondary N) is 1. The van der Waals surface area contributed by atoms with Crippen molar-refractivity contribution in [2.24, 2.45) is 0 Å². The Bertz CT molecular complexity index is 605. The predicted octanol–water partition coefficient (Wildman–Crippen LogP) is 1.48. The van der Waals surface area contributed by atoms with E-state index in [1.165, 1.54) is 0 Å². The van der Waals surface area contributed by atoms with Crippen LogP contribution >= 0.6 is 11.6 Å². The first-order valence-electron chi connectivity index (χ1n) is 4.70. The SMILES string of the molecule is O=c1nc2cc(Cl)ccc2c2n1CCN2. The summed E-state index contributed by atoms with van der Waals surface area (Å²) in [4.78, 5) is 15.6. The Balaban J connectivity index is 2.48. The maximum absolute atomic E-state index is 11.6. The molecule has 76 valence electrons. The summed E-state index contributed by atoms with van der Waals surface area (Å²) in [5.41, 5.74) is 0.429. The molecule has 1 aromatic carbocycles. The van der Waals surface area contributed by atoms with Crippen molar-refractivity contribution in [2.45, 2.75) is 6.54 Å². The molecule has 0 radical (unpaired) electrons. The van der Waals surface area contributed by atoms with E-state index in [2.05, 4.69) is 10.3 Å². The minimum absolute atomic E-state index is 0.218. The van der Waals surface area contributed by atoms with Crippen LogP contribution in [0.3, 0.4) is 0 Å². The number of anilines is 1. The van der Waals surface area contributed by atoms with Crippen molar-refractivity contribution >= 4 is 28.3 Å². The van der Waals surface area contributed by atoms with Crippen LogP contribution in [0.2, 0.25) is 5.02 Å². The number of benzene rings is 1. The fourth-order valence-electron chi connectivity index (χ4n) is 1.89. The highest BCUT2D eigenvalue weighted by molar-refractivity contribution is 6.31. The number of aromatic nitrogens is 2. The third kappa shape index (κ3) is 1.22. The molecule has 3 rings (SSSR count). The Morgan fingerprint density at radius 2 is 2.33 bits per heavy atom. The van der Waals surface area contributed by atoms with Gasteiger partial charge in [0.05, 0.1) is 5.52 Å². The van der Waals surface area contributed by atoms with Crippen LogP contribution in [0.15, 0.2) is 23.0 Å². The summed E-state index contributed by atoms with van der Waals surface area (Å²) in [5.74, 6) is 0.849. The van der Waals surface area contributed by atoms with E-state index in [4.69, 9.17) is 11.6 Å². The molecular weight excluding hydrogens is 214 g/mol. The number of fused-ring (bicyclic) bond motifs is 3. The highest BCUT2D eigenvalue weighted by Crippen LogP contribution is 2.25. The van der Waals surface area contributed by atoms with Crippen molar-refractivity contribution in [3.05, 3.63) is 33.7 Å². The number of halogens is 1. The molecule has 1 aromatic heterocycles. The Labute approximate surface area is 90.5 Å². The molecule has 2 heterocycles. The van der Waals surface area contributed by atoms with Crippen molar-refractivity contribution in [3.63, 3.8) is 0 Å². The van der Waals surface area contributed by atoms with Crippen LogP contribution in [-0.4, -0.2) is 16.1 Å². The quantitative estimate of drug-likeness (QED) is 0.733. The summed E-state index contributed by atoms with van der Waals surface area (Å²) in [6.07, 6.45) is 0. The van der Waals surface area contributed by atoms with Gasteiger partial charge in [-0.25, -0.2) is 4.79 Å². The first-order chi connectivity index (χ1) is 7.25. The van der Waals surface area contributed by atoms with Crippen LogP contribution in [0.5, 0.6) is 0 Å². The Hall–Kier alpha value is -1.55. The molecule has 0 aliphatic carbocycles. The molecule has 0 fully saturated rings. The van der Waals surface area contributed by atoms with Gasteiger partial charge >= 0.3 is 5.69 Å². The minimum Gasteiger partial charge on any atom is -0.369 e. The summed E-state index contributed by atoms with van der Waals surface area (Å²) in [5, 5.41) is 4.72. The second kappa shape index (κ2) is 2.97. The number of rotatable bonds is 0. The molecule has 15 heavy (non-hydrogen) atoms. The highest BCUT2D eigenvalue weighted by atomic mass is 35.5. The average Bonchev–Trinajstić information content (AvgIpc) is 2.66. The van der Waals surface area contributed by atoms with Gasteiger partial charge in [-0.1, -0.05) is 11.6 Å². The molecule has 0 unspecified atom stereocenters. The first kappa shape index (κ1) is 8.73. The zero-order chi connectivity index (χ0) is 10.4. The zero-order valence-corrected chi connectivity index (χ0v) is 8.58. The number of hydrogen-bond acceptors (Lipinski definition) is 3. The second-order valence-corrected chi connectivity index (χ2v) is 3.92. The maximum atomic E-state index is 11.6. The molecule has 1 aliphatic heterocycles. The van der Waals surface area contributed by atoms with E-state index in [-0.39, 0.29) is 5.69 Å². The third-order valence-electron chi connectivity index (χ3n) is 2.56. The van der Waals surface area contributed by atoms with E-state index in [1.54, 1.807) is 16.7 Å². The molecule has 0 spiro atoms. The summed E-state index contributed by atoms with van der Waals surface area (Å²) in [6, 6.07) is 5.39. The van der Waals surface area contributed by atoms with Crippen molar-refractivity contribution in [1.29, 1.82) is 0 Å². The van der Waals surface area contributed by atoms with Gasteiger partial charge in [0.1, 0.15) is 5.82 Å². The van der Waals surface area contributed by atoms with Gasteiger partial charge in [0.15, 0.2) is 0 Å². The van der Waals surface area contributed by atoms with Gasteiger partial charge in [-0.2, -0.15) is 4.98 Å². The fourth-order valence-corrected chi connectivity index (χ4v) is 2.05. The Kier molecular flexibility index (Phi) is 1.73. The lowest BCUT2D eigenvalue weighted by Gasteiger charge is -2.05. The molecule has 5 heteroatoms. The van der Waals surface area contributed by atoms with Gasteiger partial charge < -0.3 is 5.32 Å². The lowest BCUT2D eigenvalue weighted by molar-refractivity contribution is 0.750. The van der Waals surface area contributed by atoms with Gasteiger partial charge in [0.2, 0.25) is 0 Å². The van der Waals surface area contributed by atoms with Crippen molar-refractivity contribution in [3.8, 4) is 0 Å². The van der Waals surface area contributed by atoms with Gasteiger partial charge in [-0.05, 0) is 18.2 Å². The minimum atomic E-state index is -0.218. The molecule has 1 N–H and O–H groups in total. The zero-order valence-electron chi connectivity index (χ0n) is 7.83. The maximum Gasteiger partial charge on any atom is 0.349 e. The van der Waals surface area contributed by atoms with Crippen molar-refractivity contribution < 1.29 is 0 Å². The number of hydrogen-bond donors (Lipinski definition) is 1. The Morgan fingerprint density at radius 3 is 3.20 bits per heavy atom. The summed E-state index contributed by atoms with van der Waals surface area (Å²) in [6.45, 7) is 1.46. The van der Waals surface area contributed by atoms with Crippen molar-refractivity contribution in [2.75, 3.05) is 11.9 Å². The molecule has 0 saturated heterocycles. The van der Waals surface area contributed by atoms with Crippen molar-refractivity contribution in [1.82, 2.24) is 9.55 Å². The van der Waals surface area contributed by atoms with E-state index in [1.807, 2.05) is 6.07 Å². The lowest BCUT2D eigenvalue weighted by atomic mass is 10.2. The van der Waals surface area contributed by atoms with E-state index >= 15 is 0 Å². The fraction of sp³-hybridized carbons (Fsp3) is 0.200. The second-order valence-electron chi connectivity index (χ2n) is 3.48. The average molecular weight is 222 g/mol. The van der Waals surface area contributed by atoms with E-state index in [0.717, 1.165) is 17.7 Å². The highest BCUT2D eigenvalue weighted by Gasteiger charge is 2.15. The molecule has 0 bridgehead atoms. The number of nitrogens with zero attached hydrogens (tertiary/aromatic N) is 2. The van der Waals surface area contributed by atoms with Gasteiger partial charge in [-0.15, -0.1) is 0 Å². The van der Waals surface area contributed by atoms with Crippen LogP contribution in [0.1, 0.15) is 0 Å². The largest absolute Gasteiger partial charge is 0.369 e. The predicted molar refractivity (Wildman–Crippen MR) is 59.5 cm³/mol. The summed E-state index contributed by atoms with van der Waals surface area (Å²) >= 11 is 5.85. The molecule has 4 nitrogen and oxygen atoms in total. The van der Waals surface area contributed by atoms with Crippen LogP contribution in [0.25, 0.3) is 10.9 Å². The van der Waals surface area contributed by atoms with Crippen LogP contribution in [-0.2, 0) is 6.54 Å². The first-order valence-corrected chi connectivity index (χ1v) is 5.07. The standard InChI is InChI=1S/C10H8ClN3O/c11-6-1-2-7-8(5-6)13-10(15)14-4-3-12-9(7)14/h1-2,5,12H,3-4H2. The van der Waals surface area contributed by atoms with Gasteiger partial charge in [0, 0.05) is 23.5 Å². The summed E-state index contributed by atoms with van der Waals surface area (Å²) in [7, 11) is 0. The molecule has 0 amide bonds. The smallest absolute Gasteiger partial charge is 0.349 e. The molecule has 0 atom stereocenters. The molecule has 1 aliphatic rings. The van der Waals surface area contributed by atoms with Crippen LogP contribution in [0, 0.1) is 0 Å². The normalized spacial score (nSPS) is 13.9. The van der Waals surface area contributed by atoms with E-state index in [0.29, 0.717) is 17.1 Å². The lowest BCUT2D eigenvalue weighted by Crippen LogP contribution is -2.20. The van der Waals surface area contributed by atoms with E-state index < -0.39 is 0 Å². The Morgan fingerprint density at radius 1 is 1.47 bits per heavy atom. The van der Waals surface area contributed by atoms with Crippen LogP contribution < -0.4 is 11.0 Å². The summed E-state index contributed by atoms with van der Waals surface area (Å²) < 4.78 is 1.65. The van der Waals surface area contributed by atoms with Gasteiger partial charge in [-0.3, -0.25) is 4.57 Å². The molecular formula is C10H8ClN3O. The van der Waals surface area contributed by atoms with E-state index in [9.17, 15) is 4.79 Å². The topological polar surface area (TPSA) is 46.9 Å².